The highest BCUT2D eigenvalue weighted by Crippen LogP contribution is 2.18. The molecule has 0 aromatic carbocycles. The van der Waals surface area contributed by atoms with E-state index in [2.05, 4.69) is 4.98 Å². The molecule has 3 aromatic heterocycles. The van der Waals surface area contributed by atoms with Crippen LogP contribution in [0.2, 0.25) is 5.02 Å². The lowest BCUT2D eigenvalue weighted by molar-refractivity contribution is -0.645. The van der Waals surface area contributed by atoms with Gasteiger partial charge >= 0.3 is 0 Å². The van der Waals surface area contributed by atoms with E-state index in [0.717, 1.165) is 4.73 Å². The Bertz CT molecular complexity index is 866. The lowest BCUT2D eigenvalue weighted by Gasteiger charge is -2.05. The van der Waals surface area contributed by atoms with E-state index in [1.54, 1.807) is 30.3 Å². The van der Waals surface area contributed by atoms with Gasteiger partial charge in [-0.3, -0.25) is 9.20 Å². The fraction of sp³-hybridized carbons (Fsp3) is 0.0714. The zero-order valence-corrected chi connectivity index (χ0v) is 12.3. The van der Waals surface area contributed by atoms with E-state index in [0.29, 0.717) is 27.1 Å². The van der Waals surface area contributed by atoms with Crippen LogP contribution in [0.4, 0.5) is 0 Å². The Labute approximate surface area is 129 Å². The Hall–Kier alpha value is -2.05. The van der Waals surface area contributed by atoms with E-state index < -0.39 is 0 Å². The molecule has 0 aliphatic heterocycles. The molecule has 3 aromatic rings. The fourth-order valence-corrected chi connectivity index (χ4v) is 2.84. The van der Waals surface area contributed by atoms with Gasteiger partial charge in [0.25, 0.3) is 10.6 Å². The fourth-order valence-electron chi connectivity index (χ4n) is 1.87. The van der Waals surface area contributed by atoms with Gasteiger partial charge in [0.05, 0.1) is 10.7 Å². The highest BCUT2D eigenvalue weighted by Gasteiger charge is 2.08. The lowest BCUT2D eigenvalue weighted by Crippen LogP contribution is -2.27. The first-order valence-corrected chi connectivity index (χ1v) is 7.49. The quantitative estimate of drug-likeness (QED) is 0.422. The average Bonchev–Trinajstić information content (AvgIpc) is 2.47. The molecule has 0 saturated heterocycles. The van der Waals surface area contributed by atoms with Crippen LogP contribution in [-0.2, 0) is 5.75 Å². The number of rotatable bonds is 3. The highest BCUT2D eigenvalue weighted by molar-refractivity contribution is 7.98. The van der Waals surface area contributed by atoms with Crippen LogP contribution in [0, 0.1) is 5.21 Å². The van der Waals surface area contributed by atoms with Crippen molar-refractivity contribution in [2.45, 2.75) is 10.8 Å². The third-order valence-electron chi connectivity index (χ3n) is 2.83. The maximum Gasteiger partial charge on any atom is 0.258 e. The molecule has 3 heterocycles. The Morgan fingerprint density at radius 2 is 2.19 bits per heavy atom. The minimum absolute atomic E-state index is 0.193. The summed E-state index contributed by atoms with van der Waals surface area (Å²) in [4.78, 5) is 16.4. The topological polar surface area (TPSA) is 61.3 Å². The number of fused-ring (bicyclic) bond motifs is 1. The predicted molar refractivity (Wildman–Crippen MR) is 81.4 cm³/mol. The monoisotopic (exact) mass is 319 g/mol. The van der Waals surface area contributed by atoms with E-state index >= 15 is 0 Å². The molecule has 0 unspecified atom stereocenters. The van der Waals surface area contributed by atoms with Crippen LogP contribution in [0.5, 0.6) is 0 Å². The summed E-state index contributed by atoms with van der Waals surface area (Å²) in [6.07, 6.45) is 2.97. The first-order chi connectivity index (χ1) is 10.1. The maximum absolute atomic E-state index is 12.0. The smallest absolute Gasteiger partial charge is 0.258 e. The van der Waals surface area contributed by atoms with Crippen LogP contribution < -0.4 is 10.3 Å². The number of halogens is 1. The van der Waals surface area contributed by atoms with Crippen molar-refractivity contribution < 1.29 is 4.73 Å². The van der Waals surface area contributed by atoms with Crippen LogP contribution in [0.25, 0.3) is 5.65 Å². The summed E-state index contributed by atoms with van der Waals surface area (Å²) in [7, 11) is 0. The standard InChI is InChI=1S/C14H10ClN3O2S/c15-10-4-5-12-16-11(7-13(19)17(12)8-10)9-21-14-3-1-2-6-18(14)20/h1-8H,9H2. The molecular formula is C14H10ClN3O2S. The molecule has 3 rings (SSSR count). The van der Waals surface area contributed by atoms with Gasteiger partial charge in [-0.15, -0.1) is 0 Å². The van der Waals surface area contributed by atoms with Gasteiger partial charge in [0.1, 0.15) is 5.65 Å². The first-order valence-electron chi connectivity index (χ1n) is 6.12. The molecule has 0 amide bonds. The second-order valence-electron chi connectivity index (χ2n) is 4.31. The molecule has 0 bridgehead atoms. The van der Waals surface area contributed by atoms with E-state index in [4.69, 9.17) is 11.6 Å². The number of aromatic nitrogens is 3. The van der Waals surface area contributed by atoms with Gasteiger partial charge < -0.3 is 5.21 Å². The van der Waals surface area contributed by atoms with Crippen LogP contribution >= 0.6 is 23.4 Å². The largest absolute Gasteiger partial charge is 0.618 e. The van der Waals surface area contributed by atoms with Crippen LogP contribution in [0.1, 0.15) is 5.69 Å². The molecule has 0 saturated carbocycles. The van der Waals surface area contributed by atoms with Gasteiger partial charge in [-0.25, -0.2) is 4.98 Å². The minimum Gasteiger partial charge on any atom is -0.618 e. The second-order valence-corrected chi connectivity index (χ2v) is 5.75. The SMILES string of the molecule is O=c1cc(CSc2cccc[n+]2[O-])nc2ccc(Cl)cn12. The normalized spacial score (nSPS) is 10.9. The van der Waals surface area contributed by atoms with Gasteiger partial charge in [0.15, 0.2) is 6.20 Å². The number of thioether (sulfide) groups is 1. The maximum atomic E-state index is 12.0. The van der Waals surface area contributed by atoms with E-state index in [1.807, 2.05) is 0 Å². The van der Waals surface area contributed by atoms with E-state index in [1.165, 1.54) is 34.6 Å². The van der Waals surface area contributed by atoms with Gasteiger partial charge in [0, 0.05) is 30.1 Å². The Morgan fingerprint density at radius 1 is 1.33 bits per heavy atom. The third kappa shape index (κ3) is 3.01. The summed E-state index contributed by atoms with van der Waals surface area (Å²) < 4.78 is 2.19. The second kappa shape index (κ2) is 5.75. The lowest BCUT2D eigenvalue weighted by atomic mass is 10.4. The molecule has 0 aliphatic carbocycles. The molecule has 0 aliphatic rings. The van der Waals surface area contributed by atoms with Crippen molar-refractivity contribution in [2.24, 2.45) is 0 Å². The zero-order chi connectivity index (χ0) is 14.8. The Kier molecular flexibility index (Phi) is 3.81. The van der Waals surface area contributed by atoms with Crippen molar-refractivity contribution in [2.75, 3.05) is 0 Å². The van der Waals surface area contributed by atoms with Crippen molar-refractivity contribution in [3.8, 4) is 0 Å². The number of pyridine rings is 2. The number of nitrogens with zero attached hydrogens (tertiary/aromatic N) is 3. The van der Waals surface area contributed by atoms with Crippen molar-refractivity contribution in [1.82, 2.24) is 9.38 Å². The Morgan fingerprint density at radius 3 is 3.00 bits per heavy atom. The van der Waals surface area contributed by atoms with Crippen LogP contribution in [-0.4, -0.2) is 9.38 Å². The average molecular weight is 320 g/mol. The summed E-state index contributed by atoms with van der Waals surface area (Å²) in [6, 6.07) is 10.0. The molecule has 0 atom stereocenters. The highest BCUT2D eigenvalue weighted by atomic mass is 35.5. The first kappa shape index (κ1) is 13.9. The van der Waals surface area contributed by atoms with Gasteiger partial charge in [0.2, 0.25) is 0 Å². The van der Waals surface area contributed by atoms with Crippen molar-refractivity contribution in [3.63, 3.8) is 0 Å². The van der Waals surface area contributed by atoms with Crippen LogP contribution in [0.15, 0.2) is 58.6 Å². The van der Waals surface area contributed by atoms with Crippen LogP contribution in [0.3, 0.4) is 0 Å². The predicted octanol–water partition coefficient (Wildman–Crippen LogP) is 2.27. The summed E-state index contributed by atoms with van der Waals surface area (Å²) in [5, 5.41) is 12.6. The van der Waals surface area contributed by atoms with Crippen molar-refractivity contribution in [3.05, 3.63) is 75.1 Å². The van der Waals surface area contributed by atoms with Crippen molar-refractivity contribution >= 4 is 29.0 Å². The summed E-state index contributed by atoms with van der Waals surface area (Å²) in [6.45, 7) is 0. The Balaban J connectivity index is 1.90. The molecule has 21 heavy (non-hydrogen) atoms. The molecule has 0 radical (unpaired) electrons. The van der Waals surface area contributed by atoms with E-state index in [-0.39, 0.29) is 5.56 Å². The number of hydrogen-bond donors (Lipinski definition) is 0. The van der Waals surface area contributed by atoms with Gasteiger partial charge in [-0.2, -0.15) is 4.73 Å². The van der Waals surface area contributed by atoms with Gasteiger partial charge in [-0.05, 0) is 30.0 Å². The molecule has 0 spiro atoms. The zero-order valence-electron chi connectivity index (χ0n) is 10.8. The molecular weight excluding hydrogens is 310 g/mol. The third-order valence-corrected chi connectivity index (χ3v) is 4.11. The summed E-state index contributed by atoms with van der Waals surface area (Å²) in [5.41, 5.74) is 0.961. The van der Waals surface area contributed by atoms with Gasteiger partial charge in [-0.1, -0.05) is 11.6 Å². The van der Waals surface area contributed by atoms with Crippen molar-refractivity contribution in [1.29, 1.82) is 0 Å². The number of hydrogen-bond acceptors (Lipinski definition) is 4. The molecule has 7 heteroatoms. The summed E-state index contributed by atoms with van der Waals surface area (Å²) >= 11 is 7.19. The van der Waals surface area contributed by atoms with E-state index in [9.17, 15) is 10.0 Å². The summed E-state index contributed by atoms with van der Waals surface area (Å²) in [5.74, 6) is 0.445. The minimum atomic E-state index is -0.193. The molecule has 5 nitrogen and oxygen atoms in total. The molecule has 0 fully saturated rings. The molecule has 0 N–H and O–H groups in total. The molecule has 106 valence electrons.